The molecule has 1 aromatic heterocycles. The van der Waals surface area contributed by atoms with Crippen molar-refractivity contribution < 1.29 is 20.1 Å². The van der Waals surface area contributed by atoms with Gasteiger partial charge in [-0.3, -0.25) is 4.98 Å². The molecule has 0 saturated heterocycles. The fourth-order valence-electron chi connectivity index (χ4n) is 3.54. The first-order valence-corrected chi connectivity index (χ1v) is 8.75. The van der Waals surface area contributed by atoms with E-state index >= 15 is 0 Å². The van der Waals surface area contributed by atoms with Crippen molar-refractivity contribution in [3.05, 3.63) is 111 Å². The average molecular weight is 538 g/mol. The predicted octanol–water partition coefficient (Wildman–Crippen LogP) is 6.97. The van der Waals surface area contributed by atoms with Crippen molar-refractivity contribution >= 4 is 21.7 Å². The molecule has 0 bridgehead atoms. The first kappa shape index (κ1) is 19.9. The van der Waals surface area contributed by atoms with Gasteiger partial charge in [-0.2, -0.15) is 0 Å². The Hall–Kier alpha value is -2.80. The van der Waals surface area contributed by atoms with Crippen LogP contribution in [0.25, 0.3) is 44.1 Å². The monoisotopic (exact) mass is 538 g/mol. The Morgan fingerprint density at radius 3 is 2.29 bits per heavy atom. The van der Waals surface area contributed by atoms with Gasteiger partial charge in [-0.05, 0) is 22.9 Å². The molecular weight excluding hydrogens is 519 g/mol. The molecule has 4 aromatic carbocycles. The minimum absolute atomic E-state index is 0. The van der Waals surface area contributed by atoms with E-state index in [1.807, 2.05) is 12.1 Å². The van der Waals surface area contributed by atoms with E-state index in [0.717, 1.165) is 16.8 Å². The summed E-state index contributed by atoms with van der Waals surface area (Å²) in [5.41, 5.74) is 5.44. The van der Waals surface area contributed by atoms with Gasteiger partial charge in [-0.1, -0.05) is 84.2 Å². The molecule has 1 nitrogen and oxygen atoms in total. The second-order valence-corrected chi connectivity index (χ2v) is 6.37. The fourth-order valence-corrected chi connectivity index (χ4v) is 3.54. The van der Waals surface area contributed by atoms with Crippen molar-refractivity contribution in [2.24, 2.45) is 0 Å². The normalized spacial score (nSPS) is 10.3. The molecule has 0 aliphatic heterocycles. The quantitative estimate of drug-likeness (QED) is 0.222. The third-order valence-electron chi connectivity index (χ3n) is 4.79. The van der Waals surface area contributed by atoms with Crippen LogP contribution in [0.3, 0.4) is 0 Å². The Kier molecular flexibility index (Phi) is 6.04. The molecule has 1 radical (unpaired) electrons. The van der Waals surface area contributed by atoms with E-state index in [4.69, 9.17) is 4.98 Å². The molecule has 5 aromatic rings. The predicted molar refractivity (Wildman–Crippen MR) is 115 cm³/mol. The summed E-state index contributed by atoms with van der Waals surface area (Å²) in [6.07, 6.45) is 0. The topological polar surface area (TPSA) is 12.9 Å². The molecule has 0 spiro atoms. The maximum Gasteiger partial charge on any atom is 0.0601 e. The standard InChI is InChI=1S/C25H16N.CH3.Ir/c1-2-8-18(9-3-1)21-13-7-15-24-23(21)16-17-25(26-24)22-14-6-11-19-10-4-5-12-20(19)22;;/h1-13,15-17H;1H3;/q2*-1;. The first-order chi connectivity index (χ1) is 12.9. The van der Waals surface area contributed by atoms with Gasteiger partial charge in [-0.15, -0.1) is 29.1 Å². The number of pyridine rings is 1. The number of nitrogens with zero attached hydrogens (tertiary/aromatic N) is 1. The summed E-state index contributed by atoms with van der Waals surface area (Å²) in [6, 6.07) is 36.9. The number of benzene rings is 4. The zero-order chi connectivity index (χ0) is 17.3. The van der Waals surface area contributed by atoms with Crippen LogP contribution in [0.1, 0.15) is 0 Å². The van der Waals surface area contributed by atoms with Crippen LogP contribution in [0.2, 0.25) is 0 Å². The summed E-state index contributed by atoms with van der Waals surface area (Å²) in [6.45, 7) is 0. The molecule has 0 aliphatic carbocycles. The molecule has 0 atom stereocenters. The summed E-state index contributed by atoms with van der Waals surface area (Å²) in [5.74, 6) is 0. The zero-order valence-corrected chi connectivity index (χ0v) is 17.9. The van der Waals surface area contributed by atoms with Crippen LogP contribution < -0.4 is 0 Å². The maximum absolute atomic E-state index is 4.95. The molecule has 139 valence electrons. The summed E-state index contributed by atoms with van der Waals surface area (Å²) in [5, 5.41) is 3.56. The molecule has 0 aliphatic rings. The van der Waals surface area contributed by atoms with Crippen molar-refractivity contribution in [2.45, 2.75) is 0 Å². The molecule has 0 amide bonds. The Morgan fingerprint density at radius 1 is 0.643 bits per heavy atom. The molecule has 0 unspecified atom stereocenters. The van der Waals surface area contributed by atoms with Crippen LogP contribution in [-0.4, -0.2) is 4.98 Å². The Balaban J connectivity index is 0.00000112. The molecule has 0 N–H and O–H groups in total. The van der Waals surface area contributed by atoms with E-state index in [1.165, 1.54) is 27.3 Å². The van der Waals surface area contributed by atoms with Crippen molar-refractivity contribution in [1.82, 2.24) is 4.98 Å². The molecule has 28 heavy (non-hydrogen) atoms. The van der Waals surface area contributed by atoms with Crippen LogP contribution in [0.5, 0.6) is 0 Å². The van der Waals surface area contributed by atoms with Crippen molar-refractivity contribution in [1.29, 1.82) is 0 Å². The third-order valence-corrected chi connectivity index (χ3v) is 4.79. The van der Waals surface area contributed by atoms with Crippen LogP contribution in [0, 0.1) is 13.5 Å². The van der Waals surface area contributed by atoms with E-state index in [2.05, 4.69) is 91.0 Å². The van der Waals surface area contributed by atoms with Crippen molar-refractivity contribution in [2.75, 3.05) is 0 Å². The Morgan fingerprint density at radius 2 is 1.43 bits per heavy atom. The fraction of sp³-hybridized carbons (Fsp3) is 0. The van der Waals surface area contributed by atoms with Gasteiger partial charge in [-0.25, -0.2) is 0 Å². The van der Waals surface area contributed by atoms with E-state index in [1.54, 1.807) is 0 Å². The van der Waals surface area contributed by atoms with E-state index in [0.29, 0.717) is 0 Å². The van der Waals surface area contributed by atoms with Crippen LogP contribution in [0.4, 0.5) is 0 Å². The second kappa shape index (κ2) is 8.48. The van der Waals surface area contributed by atoms with Gasteiger partial charge in [0.25, 0.3) is 0 Å². The molecule has 0 saturated carbocycles. The molecule has 2 heteroatoms. The molecule has 0 fully saturated rings. The van der Waals surface area contributed by atoms with Gasteiger partial charge in [0.15, 0.2) is 0 Å². The molecule has 1 heterocycles. The summed E-state index contributed by atoms with van der Waals surface area (Å²) in [7, 11) is 0. The van der Waals surface area contributed by atoms with Crippen LogP contribution in [-0.2, 0) is 20.1 Å². The van der Waals surface area contributed by atoms with Gasteiger partial charge in [0.05, 0.1) is 5.52 Å². The SMILES string of the molecule is [CH3-].[Ir].[c-]1ccc2ccccc2c1-c1ccc2c(-c3ccccc3)cccc2n1. The first-order valence-electron chi connectivity index (χ1n) is 8.75. The largest absolute Gasteiger partial charge is 0.358 e. The van der Waals surface area contributed by atoms with Gasteiger partial charge in [0, 0.05) is 25.5 Å². The average Bonchev–Trinajstić information content (AvgIpc) is 2.73. The van der Waals surface area contributed by atoms with E-state index < -0.39 is 0 Å². The maximum atomic E-state index is 4.95. The Labute approximate surface area is 179 Å². The number of rotatable bonds is 2. The molecule has 5 rings (SSSR count). The van der Waals surface area contributed by atoms with Crippen LogP contribution >= 0.6 is 0 Å². The number of hydrogen-bond donors (Lipinski definition) is 0. The van der Waals surface area contributed by atoms with Gasteiger partial charge in [0.1, 0.15) is 0 Å². The summed E-state index contributed by atoms with van der Waals surface area (Å²) in [4.78, 5) is 4.95. The van der Waals surface area contributed by atoms with Gasteiger partial charge < -0.3 is 7.43 Å². The number of aromatic nitrogens is 1. The summed E-state index contributed by atoms with van der Waals surface area (Å²) < 4.78 is 0. The smallest absolute Gasteiger partial charge is 0.0601 e. The Bertz CT molecular complexity index is 1220. The molecular formula is C26H19IrN-2. The van der Waals surface area contributed by atoms with Crippen molar-refractivity contribution in [3.63, 3.8) is 0 Å². The summed E-state index contributed by atoms with van der Waals surface area (Å²) >= 11 is 0. The number of fused-ring (bicyclic) bond motifs is 2. The van der Waals surface area contributed by atoms with Crippen molar-refractivity contribution in [3.8, 4) is 22.4 Å². The van der Waals surface area contributed by atoms with Crippen LogP contribution in [0.15, 0.2) is 97.1 Å². The third kappa shape index (κ3) is 3.49. The van der Waals surface area contributed by atoms with E-state index in [-0.39, 0.29) is 27.5 Å². The zero-order valence-electron chi connectivity index (χ0n) is 15.5. The van der Waals surface area contributed by atoms with Gasteiger partial charge in [0.2, 0.25) is 0 Å². The minimum Gasteiger partial charge on any atom is -0.358 e. The van der Waals surface area contributed by atoms with E-state index in [9.17, 15) is 0 Å². The van der Waals surface area contributed by atoms with Gasteiger partial charge >= 0.3 is 0 Å². The number of hydrogen-bond acceptors (Lipinski definition) is 1. The second-order valence-electron chi connectivity index (χ2n) is 6.37. The minimum atomic E-state index is 0.